The molecule has 0 unspecified atom stereocenters. The fraction of sp³-hybridized carbons (Fsp3) is 0.343. The molecular formula is C35H36ClN3O4S. The van der Waals surface area contributed by atoms with Crippen LogP contribution in [0.5, 0.6) is 5.75 Å². The van der Waals surface area contributed by atoms with E-state index in [-0.39, 0.29) is 36.4 Å². The molecule has 44 heavy (non-hydrogen) atoms. The van der Waals surface area contributed by atoms with Crippen LogP contribution in [0, 0.1) is 11.3 Å². The maximum absolute atomic E-state index is 14.3. The summed E-state index contributed by atoms with van der Waals surface area (Å²) < 4.78 is 6.52. The molecule has 1 N–H and O–H groups in total. The lowest BCUT2D eigenvalue weighted by molar-refractivity contribution is 0.0144. The van der Waals surface area contributed by atoms with Crippen LogP contribution in [-0.4, -0.2) is 51.6 Å². The smallest absolute Gasteiger partial charge is 0.410 e. The molecule has 1 aliphatic carbocycles. The number of carbonyl (C=O) groups excluding carboxylic acids is 2. The first-order valence-corrected chi connectivity index (χ1v) is 15.9. The third-order valence-electron chi connectivity index (χ3n) is 8.07. The number of phenolic OH excluding ortho intramolecular Hbond substituents is 1. The van der Waals surface area contributed by atoms with Crippen molar-refractivity contribution in [3.63, 3.8) is 0 Å². The summed E-state index contributed by atoms with van der Waals surface area (Å²) in [5, 5.41) is 21.6. The number of nitrogens with zero attached hydrogens (tertiary/aromatic N) is 3. The second-order valence-corrected chi connectivity index (χ2v) is 13.7. The Hall–Kier alpha value is -4.06. The number of carbonyl (C=O) groups is 2. The number of hydrogen-bond acceptors (Lipinski definition) is 6. The molecule has 4 aromatic rings. The number of nitriles is 1. The van der Waals surface area contributed by atoms with Gasteiger partial charge < -0.3 is 19.6 Å². The number of amides is 2. The summed E-state index contributed by atoms with van der Waals surface area (Å²) in [5.41, 5.74) is 2.25. The second kappa shape index (κ2) is 12.9. The van der Waals surface area contributed by atoms with Crippen LogP contribution in [-0.2, 0) is 11.3 Å². The standard InChI is InChI=1S/C35H36ClN3O4S/c1-35(2,3)43-34(42)38(4)26-13-15-27(16-14-26)39(33(41)32-31(36)28-10-5-6-11-30(28)44-32)21-25-19-24(12-17-29(25)40)23-9-7-8-22(18-23)20-37/h5-12,17-19,26-27,40H,13-16,21H2,1-4H3/t26-,27-. The van der Waals surface area contributed by atoms with Gasteiger partial charge in [-0.15, -0.1) is 11.3 Å². The van der Waals surface area contributed by atoms with Crippen molar-refractivity contribution in [2.45, 2.75) is 70.7 Å². The predicted molar refractivity (Wildman–Crippen MR) is 175 cm³/mol. The first-order chi connectivity index (χ1) is 20.9. The molecule has 9 heteroatoms. The van der Waals surface area contributed by atoms with E-state index in [0.29, 0.717) is 46.7 Å². The Labute approximate surface area is 267 Å². The molecule has 0 radical (unpaired) electrons. The highest BCUT2D eigenvalue weighted by molar-refractivity contribution is 7.21. The number of rotatable bonds is 6. The Kier molecular flexibility index (Phi) is 9.19. The van der Waals surface area contributed by atoms with E-state index < -0.39 is 5.60 Å². The minimum atomic E-state index is -0.582. The minimum absolute atomic E-state index is 0.00453. The van der Waals surface area contributed by atoms with Gasteiger partial charge in [-0.1, -0.05) is 48.0 Å². The van der Waals surface area contributed by atoms with Crippen LogP contribution in [0.15, 0.2) is 66.7 Å². The zero-order valence-corrected chi connectivity index (χ0v) is 26.9. The van der Waals surface area contributed by atoms with Gasteiger partial charge in [-0.3, -0.25) is 4.79 Å². The molecule has 0 spiro atoms. The average molecular weight is 630 g/mol. The molecule has 1 aromatic heterocycles. The molecule has 1 aliphatic rings. The summed E-state index contributed by atoms with van der Waals surface area (Å²) in [5.74, 6) is -0.0970. The molecule has 1 fully saturated rings. The third-order valence-corrected chi connectivity index (χ3v) is 9.73. The lowest BCUT2D eigenvalue weighted by atomic mass is 9.89. The van der Waals surface area contributed by atoms with Gasteiger partial charge in [-0.2, -0.15) is 5.26 Å². The molecule has 1 saturated carbocycles. The van der Waals surface area contributed by atoms with Gasteiger partial charge in [-0.05, 0) is 87.9 Å². The van der Waals surface area contributed by atoms with E-state index in [4.69, 9.17) is 16.3 Å². The molecule has 0 aliphatic heterocycles. The largest absolute Gasteiger partial charge is 0.508 e. The molecule has 1 heterocycles. The van der Waals surface area contributed by atoms with Crippen molar-refractivity contribution < 1.29 is 19.4 Å². The van der Waals surface area contributed by atoms with Crippen LogP contribution in [0.2, 0.25) is 5.02 Å². The number of hydrogen-bond donors (Lipinski definition) is 1. The summed E-state index contributed by atoms with van der Waals surface area (Å²) in [6, 6.07) is 22.3. The molecule has 5 rings (SSSR count). The van der Waals surface area contributed by atoms with Crippen molar-refractivity contribution >= 4 is 45.0 Å². The Balaban J connectivity index is 1.44. The number of benzene rings is 3. The highest BCUT2D eigenvalue weighted by Crippen LogP contribution is 2.38. The topological polar surface area (TPSA) is 93.9 Å². The van der Waals surface area contributed by atoms with Crippen molar-refractivity contribution in [1.82, 2.24) is 9.80 Å². The average Bonchev–Trinajstić information content (AvgIpc) is 3.35. The van der Waals surface area contributed by atoms with E-state index >= 15 is 0 Å². The van der Waals surface area contributed by atoms with Crippen LogP contribution < -0.4 is 0 Å². The Bertz CT molecular complexity index is 1730. The zero-order valence-electron chi connectivity index (χ0n) is 25.3. The van der Waals surface area contributed by atoms with Gasteiger partial charge in [0.05, 0.1) is 16.7 Å². The van der Waals surface area contributed by atoms with Gasteiger partial charge in [-0.25, -0.2) is 4.79 Å². The monoisotopic (exact) mass is 629 g/mol. The van der Waals surface area contributed by atoms with Crippen LogP contribution >= 0.6 is 22.9 Å². The molecular weight excluding hydrogens is 594 g/mol. The maximum atomic E-state index is 14.3. The van der Waals surface area contributed by atoms with Crippen LogP contribution in [0.4, 0.5) is 4.79 Å². The number of aromatic hydroxyl groups is 1. The first kappa shape index (κ1) is 31.4. The molecule has 228 valence electrons. The van der Waals surface area contributed by atoms with Crippen LogP contribution in [0.25, 0.3) is 21.2 Å². The van der Waals surface area contributed by atoms with Crippen LogP contribution in [0.3, 0.4) is 0 Å². The van der Waals surface area contributed by atoms with Crippen molar-refractivity contribution in [3.8, 4) is 22.9 Å². The van der Waals surface area contributed by atoms with Gasteiger partial charge in [0.2, 0.25) is 0 Å². The summed E-state index contributed by atoms with van der Waals surface area (Å²) in [7, 11) is 1.77. The normalized spacial score (nSPS) is 16.7. The molecule has 3 aromatic carbocycles. The van der Waals surface area contributed by atoms with E-state index in [1.165, 1.54) is 11.3 Å². The lowest BCUT2D eigenvalue weighted by Gasteiger charge is -2.40. The van der Waals surface area contributed by atoms with E-state index in [2.05, 4.69) is 6.07 Å². The van der Waals surface area contributed by atoms with Crippen molar-refractivity contribution in [2.24, 2.45) is 0 Å². The van der Waals surface area contributed by atoms with Crippen molar-refractivity contribution in [1.29, 1.82) is 5.26 Å². The molecule has 2 amide bonds. The third kappa shape index (κ3) is 6.85. The van der Waals surface area contributed by atoms with Crippen LogP contribution in [0.1, 0.15) is 67.3 Å². The maximum Gasteiger partial charge on any atom is 0.410 e. The zero-order chi connectivity index (χ0) is 31.6. The van der Waals surface area contributed by atoms with E-state index in [9.17, 15) is 20.0 Å². The number of phenols is 1. The number of thiophene rings is 1. The summed E-state index contributed by atoms with van der Waals surface area (Å²) in [6.45, 7) is 5.73. The van der Waals surface area contributed by atoms with Gasteiger partial charge in [0.15, 0.2) is 0 Å². The number of halogens is 1. The second-order valence-electron chi connectivity index (χ2n) is 12.3. The van der Waals surface area contributed by atoms with E-state index in [0.717, 1.165) is 21.2 Å². The fourth-order valence-electron chi connectivity index (χ4n) is 5.73. The van der Waals surface area contributed by atoms with Gasteiger partial charge in [0.1, 0.15) is 16.2 Å². The van der Waals surface area contributed by atoms with Gasteiger partial charge in [0, 0.05) is 41.3 Å². The quantitative estimate of drug-likeness (QED) is 0.230. The summed E-state index contributed by atoms with van der Waals surface area (Å²) in [4.78, 5) is 31.0. The Morgan fingerprint density at radius 1 is 1.00 bits per heavy atom. The number of ether oxygens (including phenoxy) is 1. The van der Waals surface area contributed by atoms with Crippen molar-refractivity contribution in [3.05, 3.63) is 87.8 Å². The lowest BCUT2D eigenvalue weighted by Crippen LogP contribution is -2.47. The summed E-state index contributed by atoms with van der Waals surface area (Å²) >= 11 is 8.16. The molecule has 0 saturated heterocycles. The summed E-state index contributed by atoms with van der Waals surface area (Å²) in [6.07, 6.45) is 2.41. The van der Waals surface area contributed by atoms with Gasteiger partial charge in [0.25, 0.3) is 5.91 Å². The number of fused-ring (bicyclic) bond motifs is 1. The first-order valence-electron chi connectivity index (χ1n) is 14.7. The van der Waals surface area contributed by atoms with E-state index in [1.54, 1.807) is 30.1 Å². The fourth-order valence-corrected chi connectivity index (χ4v) is 7.20. The van der Waals surface area contributed by atoms with E-state index in [1.807, 2.05) is 74.2 Å². The van der Waals surface area contributed by atoms with Crippen molar-refractivity contribution in [2.75, 3.05) is 7.05 Å². The highest BCUT2D eigenvalue weighted by atomic mass is 35.5. The SMILES string of the molecule is CN(C(=O)OC(C)(C)C)[C@H]1CC[C@H](N(Cc2cc(-c3cccc(C#N)c3)ccc2O)C(=O)c2sc3ccccc3c2Cl)CC1. The minimum Gasteiger partial charge on any atom is -0.508 e. The molecule has 0 atom stereocenters. The molecule has 0 bridgehead atoms. The highest BCUT2D eigenvalue weighted by Gasteiger charge is 2.35. The molecule has 7 nitrogen and oxygen atoms in total. The Morgan fingerprint density at radius 3 is 2.36 bits per heavy atom. The Morgan fingerprint density at radius 2 is 1.68 bits per heavy atom. The predicted octanol–water partition coefficient (Wildman–Crippen LogP) is 8.62. The van der Waals surface area contributed by atoms with Gasteiger partial charge >= 0.3 is 6.09 Å².